The molecule has 1 aliphatic rings. The number of aromatic nitrogens is 4. The first-order chi connectivity index (χ1) is 11.9. The predicted molar refractivity (Wildman–Crippen MR) is 97.6 cm³/mol. The van der Waals surface area contributed by atoms with E-state index in [2.05, 4.69) is 27.8 Å². The largest absolute Gasteiger partial charge is 0.340 e. The van der Waals surface area contributed by atoms with Gasteiger partial charge in [0.25, 0.3) is 0 Å². The van der Waals surface area contributed by atoms with Crippen LogP contribution in [0.5, 0.6) is 0 Å². The van der Waals surface area contributed by atoms with Crippen LogP contribution in [0.3, 0.4) is 0 Å². The fraction of sp³-hybridized carbons (Fsp3) is 0.632. The van der Waals surface area contributed by atoms with E-state index in [1.54, 1.807) is 0 Å². The summed E-state index contributed by atoms with van der Waals surface area (Å²) < 4.78 is 4.12. The van der Waals surface area contributed by atoms with Gasteiger partial charge >= 0.3 is 0 Å². The molecule has 2 atom stereocenters. The molecule has 0 aliphatic carbocycles. The van der Waals surface area contributed by atoms with E-state index in [4.69, 9.17) is 0 Å². The van der Waals surface area contributed by atoms with Gasteiger partial charge in [0.05, 0.1) is 17.7 Å². The SMILES string of the molecule is CCc1nccn1C1CCCN(C(=O)C(C)c2c(C)nn(C)c2C)C1. The van der Waals surface area contributed by atoms with Crippen molar-refractivity contribution in [3.63, 3.8) is 0 Å². The zero-order chi connectivity index (χ0) is 18.1. The number of piperidine rings is 1. The lowest BCUT2D eigenvalue weighted by Crippen LogP contribution is -2.42. The third kappa shape index (κ3) is 3.22. The molecule has 3 heterocycles. The smallest absolute Gasteiger partial charge is 0.230 e. The lowest BCUT2D eigenvalue weighted by atomic mass is 9.95. The highest BCUT2D eigenvalue weighted by molar-refractivity contribution is 5.84. The van der Waals surface area contributed by atoms with E-state index in [-0.39, 0.29) is 11.8 Å². The summed E-state index contributed by atoms with van der Waals surface area (Å²) in [5, 5.41) is 4.47. The lowest BCUT2D eigenvalue weighted by Gasteiger charge is -2.35. The van der Waals surface area contributed by atoms with Gasteiger partial charge in [-0.25, -0.2) is 4.98 Å². The minimum Gasteiger partial charge on any atom is -0.340 e. The average molecular weight is 343 g/mol. The highest BCUT2D eigenvalue weighted by Crippen LogP contribution is 2.29. The third-order valence-electron chi connectivity index (χ3n) is 5.54. The molecule has 136 valence electrons. The third-order valence-corrected chi connectivity index (χ3v) is 5.54. The number of carbonyl (C=O) groups is 1. The maximum Gasteiger partial charge on any atom is 0.230 e. The van der Waals surface area contributed by atoms with Gasteiger partial charge in [0.2, 0.25) is 5.91 Å². The van der Waals surface area contributed by atoms with Gasteiger partial charge in [0.1, 0.15) is 5.82 Å². The van der Waals surface area contributed by atoms with Gasteiger partial charge in [-0.05, 0) is 33.6 Å². The summed E-state index contributed by atoms with van der Waals surface area (Å²) >= 11 is 0. The van der Waals surface area contributed by atoms with Gasteiger partial charge in [-0.1, -0.05) is 6.92 Å². The van der Waals surface area contributed by atoms with Crippen molar-refractivity contribution in [2.24, 2.45) is 7.05 Å². The Balaban J connectivity index is 1.78. The quantitative estimate of drug-likeness (QED) is 0.858. The molecule has 0 saturated carbocycles. The van der Waals surface area contributed by atoms with E-state index in [0.717, 1.165) is 55.1 Å². The van der Waals surface area contributed by atoms with Crippen molar-refractivity contribution in [2.45, 2.75) is 58.9 Å². The van der Waals surface area contributed by atoms with Crippen molar-refractivity contribution in [1.29, 1.82) is 0 Å². The average Bonchev–Trinajstić information content (AvgIpc) is 3.18. The van der Waals surface area contributed by atoms with Crippen molar-refractivity contribution < 1.29 is 4.79 Å². The van der Waals surface area contributed by atoms with Crippen molar-refractivity contribution in [1.82, 2.24) is 24.2 Å². The van der Waals surface area contributed by atoms with E-state index < -0.39 is 0 Å². The summed E-state index contributed by atoms with van der Waals surface area (Å²) in [5.74, 6) is 1.16. The van der Waals surface area contributed by atoms with Crippen molar-refractivity contribution in [2.75, 3.05) is 13.1 Å². The normalized spacial score (nSPS) is 19.2. The molecule has 2 unspecified atom stereocenters. The second-order valence-electron chi connectivity index (χ2n) is 7.11. The number of amides is 1. The molecule has 0 spiro atoms. The molecule has 0 aromatic carbocycles. The number of rotatable bonds is 4. The molecule has 0 N–H and O–H groups in total. The fourth-order valence-corrected chi connectivity index (χ4v) is 4.15. The molecule has 0 radical (unpaired) electrons. The summed E-state index contributed by atoms with van der Waals surface area (Å²) in [7, 11) is 1.94. The van der Waals surface area contributed by atoms with Crippen LogP contribution in [0.1, 0.15) is 61.4 Å². The fourth-order valence-electron chi connectivity index (χ4n) is 4.15. The molecule has 25 heavy (non-hydrogen) atoms. The van der Waals surface area contributed by atoms with Crippen molar-refractivity contribution in [3.8, 4) is 0 Å². The van der Waals surface area contributed by atoms with Crippen LogP contribution in [-0.2, 0) is 18.3 Å². The van der Waals surface area contributed by atoms with E-state index >= 15 is 0 Å². The molecule has 2 aromatic heterocycles. The molecule has 0 bridgehead atoms. The van der Waals surface area contributed by atoms with Gasteiger partial charge in [-0.3, -0.25) is 9.48 Å². The Morgan fingerprint density at radius 3 is 2.80 bits per heavy atom. The first-order valence-electron chi connectivity index (χ1n) is 9.24. The van der Waals surface area contributed by atoms with Crippen LogP contribution in [0.15, 0.2) is 12.4 Å². The highest BCUT2D eigenvalue weighted by Gasteiger charge is 2.31. The van der Waals surface area contributed by atoms with Crippen LogP contribution in [-0.4, -0.2) is 43.2 Å². The first kappa shape index (κ1) is 17.7. The summed E-state index contributed by atoms with van der Waals surface area (Å²) in [5.41, 5.74) is 3.11. The van der Waals surface area contributed by atoms with Crippen molar-refractivity contribution in [3.05, 3.63) is 35.2 Å². The number of hydrogen-bond donors (Lipinski definition) is 0. The van der Waals surface area contributed by atoms with Crippen molar-refractivity contribution >= 4 is 5.91 Å². The van der Waals surface area contributed by atoms with Gasteiger partial charge < -0.3 is 9.47 Å². The highest BCUT2D eigenvalue weighted by atomic mass is 16.2. The van der Waals surface area contributed by atoms with E-state index in [0.29, 0.717) is 6.04 Å². The number of nitrogens with zero attached hydrogens (tertiary/aromatic N) is 5. The second-order valence-corrected chi connectivity index (χ2v) is 7.11. The molecule has 6 heteroatoms. The van der Waals surface area contributed by atoms with E-state index in [1.165, 1.54) is 0 Å². The lowest BCUT2D eigenvalue weighted by molar-refractivity contribution is -0.134. The Morgan fingerprint density at radius 1 is 1.40 bits per heavy atom. The summed E-state index contributed by atoms with van der Waals surface area (Å²) in [6.07, 6.45) is 6.98. The molecule has 3 rings (SSSR count). The molecule has 1 saturated heterocycles. The summed E-state index contributed by atoms with van der Waals surface area (Å²) in [6, 6.07) is 0.332. The van der Waals surface area contributed by atoms with Gasteiger partial charge in [-0.2, -0.15) is 5.10 Å². The van der Waals surface area contributed by atoms with E-state index in [9.17, 15) is 4.79 Å². The minimum absolute atomic E-state index is 0.152. The van der Waals surface area contributed by atoms with Crippen LogP contribution in [0.25, 0.3) is 0 Å². The Labute approximate surface area is 149 Å². The summed E-state index contributed by atoms with van der Waals surface area (Å²) in [4.78, 5) is 19.6. The number of likely N-dealkylation sites (tertiary alicyclic amines) is 1. The number of imidazole rings is 1. The van der Waals surface area contributed by atoms with Gasteiger partial charge in [0.15, 0.2) is 0 Å². The van der Waals surface area contributed by atoms with Gasteiger partial charge in [-0.15, -0.1) is 0 Å². The summed E-state index contributed by atoms with van der Waals surface area (Å²) in [6.45, 7) is 9.78. The second kappa shape index (κ2) is 7.02. The Bertz CT molecular complexity index is 760. The van der Waals surface area contributed by atoms with Gasteiger partial charge in [0, 0.05) is 50.2 Å². The monoisotopic (exact) mass is 343 g/mol. The molecular weight excluding hydrogens is 314 g/mol. The Kier molecular flexibility index (Phi) is 4.97. The van der Waals surface area contributed by atoms with Crippen LogP contribution in [0.2, 0.25) is 0 Å². The maximum absolute atomic E-state index is 13.1. The Hall–Kier alpha value is -2.11. The van der Waals surface area contributed by atoms with Crippen LogP contribution in [0, 0.1) is 13.8 Å². The van der Waals surface area contributed by atoms with Crippen LogP contribution in [0.4, 0.5) is 0 Å². The molecule has 1 aliphatic heterocycles. The molecule has 2 aromatic rings. The van der Waals surface area contributed by atoms with E-state index in [1.807, 2.05) is 43.6 Å². The molecule has 6 nitrogen and oxygen atoms in total. The topological polar surface area (TPSA) is 56.0 Å². The van der Waals surface area contributed by atoms with Crippen LogP contribution >= 0.6 is 0 Å². The zero-order valence-electron chi connectivity index (χ0n) is 16.0. The number of carbonyl (C=O) groups excluding carboxylic acids is 1. The maximum atomic E-state index is 13.1. The molecule has 1 amide bonds. The first-order valence-corrected chi connectivity index (χ1v) is 9.24. The van der Waals surface area contributed by atoms with Crippen LogP contribution < -0.4 is 0 Å². The predicted octanol–water partition coefficient (Wildman–Crippen LogP) is 2.76. The minimum atomic E-state index is -0.152. The number of aryl methyl sites for hydroxylation is 3. The standard InChI is InChI=1S/C19H29N5O/c1-6-17-20-9-11-24(17)16-8-7-10-23(12-16)19(25)13(2)18-14(3)21-22(5)15(18)4/h9,11,13,16H,6-8,10,12H2,1-5H3. The Morgan fingerprint density at radius 2 is 2.16 bits per heavy atom. The zero-order valence-corrected chi connectivity index (χ0v) is 16.0. The number of hydrogen-bond acceptors (Lipinski definition) is 3. The molecular formula is C19H29N5O. The molecule has 1 fully saturated rings.